The average Bonchev–Trinajstić information content (AvgIpc) is 3.70. The van der Waals surface area contributed by atoms with Gasteiger partial charge in [-0.25, -0.2) is 9.78 Å². The fraction of sp³-hybridized carbons (Fsp3) is 0.500. The van der Waals surface area contributed by atoms with Gasteiger partial charge in [-0.15, -0.1) is 0 Å². The maximum absolute atomic E-state index is 13.6. The van der Waals surface area contributed by atoms with E-state index in [2.05, 4.69) is 25.4 Å². The third-order valence-corrected chi connectivity index (χ3v) is 8.49. The molecule has 12 nitrogen and oxygen atoms in total. The molecule has 2 saturated heterocycles. The zero-order valence-corrected chi connectivity index (χ0v) is 26.1. The summed E-state index contributed by atoms with van der Waals surface area (Å²) in [5, 5.41) is 6.06. The zero-order chi connectivity index (χ0) is 32.6. The van der Waals surface area contributed by atoms with Gasteiger partial charge in [0.25, 0.3) is 5.56 Å². The highest BCUT2D eigenvalue weighted by atomic mass is 19.3. The molecule has 3 aromatic rings. The molecule has 0 radical (unpaired) electrons. The molecule has 0 spiro atoms. The molecule has 1 atom stereocenters. The number of ether oxygens (including phenoxy) is 3. The van der Waals surface area contributed by atoms with Crippen molar-refractivity contribution in [1.82, 2.24) is 19.8 Å². The highest BCUT2D eigenvalue weighted by Gasteiger charge is 2.54. The van der Waals surface area contributed by atoms with Gasteiger partial charge in [0.15, 0.2) is 0 Å². The van der Waals surface area contributed by atoms with Crippen molar-refractivity contribution in [2.75, 3.05) is 49.6 Å². The average molecular weight is 641 g/mol. The van der Waals surface area contributed by atoms with E-state index in [1.807, 2.05) is 32.9 Å². The summed E-state index contributed by atoms with van der Waals surface area (Å²) in [4.78, 5) is 48.0. The predicted octanol–water partition coefficient (Wildman–Crippen LogP) is 3.89. The summed E-state index contributed by atoms with van der Waals surface area (Å²) in [6.07, 6.45) is 2.95. The standard InChI is InChI=1S/C32H38F2N6O6/c1-31(2,3)46-30(43)36-20-8-11-38(18-20)21-4-6-23-24(16-21)35-19-40(27(23)41)22-5-7-26(45-29(33)34)25(17-22)37-28(42)32(9-10-32)39-12-14-44-15-13-39/h4-7,16-17,19-20,29H,8-15,18H2,1-3H3,(H,36,43)(H,37,42)/t20-/m1/s1. The van der Waals surface area contributed by atoms with Crippen molar-refractivity contribution in [3.8, 4) is 11.4 Å². The van der Waals surface area contributed by atoms with Gasteiger partial charge in [0.2, 0.25) is 5.91 Å². The first-order chi connectivity index (χ1) is 21.9. The third kappa shape index (κ3) is 6.77. The van der Waals surface area contributed by atoms with Crippen LogP contribution in [0.3, 0.4) is 0 Å². The highest BCUT2D eigenvalue weighted by Crippen LogP contribution is 2.44. The number of nitrogens with zero attached hydrogens (tertiary/aromatic N) is 4. The summed E-state index contributed by atoms with van der Waals surface area (Å²) >= 11 is 0. The lowest BCUT2D eigenvalue weighted by molar-refractivity contribution is -0.124. The lowest BCUT2D eigenvalue weighted by atomic mass is 10.1. The van der Waals surface area contributed by atoms with Crippen LogP contribution in [0.2, 0.25) is 0 Å². The molecule has 6 rings (SSSR count). The molecule has 46 heavy (non-hydrogen) atoms. The number of morpholine rings is 1. The topological polar surface area (TPSA) is 127 Å². The van der Waals surface area contributed by atoms with Crippen molar-refractivity contribution in [2.45, 2.75) is 63.8 Å². The number of nitrogens with one attached hydrogen (secondary N) is 2. The van der Waals surface area contributed by atoms with Crippen LogP contribution >= 0.6 is 0 Å². The second-order valence-corrected chi connectivity index (χ2v) is 12.8. The van der Waals surface area contributed by atoms with E-state index in [-0.39, 0.29) is 28.9 Å². The monoisotopic (exact) mass is 640 g/mol. The number of amides is 2. The van der Waals surface area contributed by atoms with Crippen molar-refractivity contribution >= 4 is 34.3 Å². The van der Waals surface area contributed by atoms with E-state index < -0.39 is 23.8 Å². The number of rotatable bonds is 8. The summed E-state index contributed by atoms with van der Waals surface area (Å²) in [5.74, 6) is -0.519. The second kappa shape index (κ2) is 12.5. The number of hydrogen-bond acceptors (Lipinski definition) is 9. The number of benzene rings is 2. The maximum Gasteiger partial charge on any atom is 0.407 e. The Morgan fingerprint density at radius 3 is 2.50 bits per heavy atom. The van der Waals surface area contributed by atoms with Crippen LogP contribution in [-0.2, 0) is 14.3 Å². The van der Waals surface area contributed by atoms with Crippen LogP contribution in [0.5, 0.6) is 5.75 Å². The number of aromatic nitrogens is 2. The van der Waals surface area contributed by atoms with E-state index in [1.165, 1.54) is 29.1 Å². The molecule has 246 valence electrons. The van der Waals surface area contributed by atoms with Crippen molar-refractivity contribution in [2.24, 2.45) is 0 Å². The lowest BCUT2D eigenvalue weighted by Crippen LogP contribution is -2.51. The smallest absolute Gasteiger partial charge is 0.407 e. The number of alkyl halides is 2. The van der Waals surface area contributed by atoms with Gasteiger partial charge >= 0.3 is 12.7 Å². The lowest BCUT2D eigenvalue weighted by Gasteiger charge is -2.34. The van der Waals surface area contributed by atoms with Crippen molar-refractivity contribution in [3.63, 3.8) is 0 Å². The van der Waals surface area contributed by atoms with Gasteiger partial charge in [-0.2, -0.15) is 8.78 Å². The number of hydrogen-bond donors (Lipinski definition) is 2. The Labute approximate surface area is 264 Å². The second-order valence-electron chi connectivity index (χ2n) is 12.8. The molecule has 0 unspecified atom stereocenters. The summed E-state index contributed by atoms with van der Waals surface area (Å²) in [6, 6.07) is 9.48. The van der Waals surface area contributed by atoms with E-state index in [1.54, 1.807) is 6.07 Å². The highest BCUT2D eigenvalue weighted by molar-refractivity contribution is 6.01. The van der Waals surface area contributed by atoms with Crippen LogP contribution in [0.25, 0.3) is 16.6 Å². The molecule has 2 aromatic carbocycles. The number of halogens is 2. The third-order valence-electron chi connectivity index (χ3n) is 8.49. The Bertz CT molecular complexity index is 1680. The van der Waals surface area contributed by atoms with Gasteiger partial charge in [0, 0.05) is 31.9 Å². The first-order valence-electron chi connectivity index (χ1n) is 15.4. The minimum atomic E-state index is -3.10. The Balaban J connectivity index is 1.21. The molecule has 2 aliphatic heterocycles. The van der Waals surface area contributed by atoms with Crippen LogP contribution in [-0.4, -0.2) is 89.6 Å². The van der Waals surface area contributed by atoms with E-state index >= 15 is 0 Å². The van der Waals surface area contributed by atoms with Crippen LogP contribution in [0.15, 0.2) is 47.5 Å². The molecule has 3 fully saturated rings. The Hall–Kier alpha value is -4.30. The summed E-state index contributed by atoms with van der Waals surface area (Å²) in [6.45, 7) is 5.88. The van der Waals surface area contributed by atoms with Gasteiger partial charge in [-0.05, 0) is 76.4 Å². The van der Waals surface area contributed by atoms with E-state index in [0.29, 0.717) is 68.8 Å². The van der Waals surface area contributed by atoms with Gasteiger partial charge in [-0.1, -0.05) is 0 Å². The number of alkyl carbamates (subject to hydrolysis) is 1. The van der Waals surface area contributed by atoms with Gasteiger partial charge in [0.05, 0.1) is 41.5 Å². The Kier molecular flexibility index (Phi) is 8.59. The Morgan fingerprint density at radius 1 is 1.07 bits per heavy atom. The van der Waals surface area contributed by atoms with E-state index in [9.17, 15) is 23.2 Å². The van der Waals surface area contributed by atoms with Gasteiger partial charge in [0.1, 0.15) is 23.2 Å². The minimum absolute atomic E-state index is 0.0354. The molecule has 2 amide bonds. The SMILES string of the molecule is CC(C)(C)OC(=O)N[C@@H]1CCN(c2ccc3c(=O)n(-c4ccc(OC(F)F)c(NC(=O)C5(N6CCOCC6)CC5)c4)cnc3c2)C1. The van der Waals surface area contributed by atoms with Crippen molar-refractivity contribution in [1.29, 1.82) is 0 Å². The molecular formula is C32H38F2N6O6. The normalized spacial score (nSPS) is 19.7. The fourth-order valence-electron chi connectivity index (χ4n) is 6.08. The van der Waals surface area contributed by atoms with Crippen LogP contribution in [0.4, 0.5) is 25.0 Å². The van der Waals surface area contributed by atoms with Crippen LogP contribution < -0.4 is 25.8 Å². The quantitative estimate of drug-likeness (QED) is 0.377. The van der Waals surface area contributed by atoms with Crippen LogP contribution in [0.1, 0.15) is 40.0 Å². The fourth-order valence-corrected chi connectivity index (χ4v) is 6.08. The predicted molar refractivity (Wildman–Crippen MR) is 167 cm³/mol. The van der Waals surface area contributed by atoms with E-state index in [4.69, 9.17) is 14.2 Å². The molecule has 1 saturated carbocycles. The molecule has 3 aliphatic rings. The minimum Gasteiger partial charge on any atom is -0.444 e. The van der Waals surface area contributed by atoms with Crippen molar-refractivity contribution in [3.05, 3.63) is 53.1 Å². The molecule has 0 bridgehead atoms. The number of fused-ring (bicyclic) bond motifs is 1. The summed E-state index contributed by atoms with van der Waals surface area (Å²) < 4.78 is 43.3. The number of carbonyl (C=O) groups excluding carboxylic acids is 2. The molecular weight excluding hydrogens is 602 g/mol. The molecule has 1 aliphatic carbocycles. The number of anilines is 2. The molecule has 2 N–H and O–H groups in total. The van der Waals surface area contributed by atoms with E-state index in [0.717, 1.165) is 12.1 Å². The number of carbonyl (C=O) groups is 2. The first-order valence-corrected chi connectivity index (χ1v) is 15.4. The zero-order valence-electron chi connectivity index (χ0n) is 26.1. The maximum atomic E-state index is 13.6. The summed E-state index contributed by atoms with van der Waals surface area (Å²) in [5.41, 5.74) is 0.0314. The van der Waals surface area contributed by atoms with Crippen molar-refractivity contribution < 1.29 is 32.6 Å². The largest absolute Gasteiger partial charge is 0.444 e. The molecule has 1 aromatic heterocycles. The molecule has 3 heterocycles. The first kappa shape index (κ1) is 31.7. The van der Waals surface area contributed by atoms with Crippen LogP contribution in [0, 0.1) is 0 Å². The molecule has 14 heteroatoms. The van der Waals surface area contributed by atoms with Gasteiger partial charge in [-0.3, -0.25) is 19.1 Å². The summed E-state index contributed by atoms with van der Waals surface area (Å²) in [7, 11) is 0. The Morgan fingerprint density at radius 2 is 1.80 bits per heavy atom. The van der Waals surface area contributed by atoms with Gasteiger partial charge < -0.3 is 29.7 Å².